The Balaban J connectivity index is 0.000000502. The lowest BCUT2D eigenvalue weighted by Gasteiger charge is -2.19. The number of hydrogen-bond donors (Lipinski definition) is 0. The first kappa shape index (κ1) is 21.8. The summed E-state index contributed by atoms with van der Waals surface area (Å²) in [7, 11) is 1.38. The van der Waals surface area contributed by atoms with E-state index in [1.54, 1.807) is 19.1 Å². The molecule has 1 rings (SSSR count). The monoisotopic (exact) mass is 388 g/mol. The minimum absolute atomic E-state index is 0.132. The third kappa shape index (κ3) is 8.26. The van der Waals surface area contributed by atoms with E-state index in [2.05, 4.69) is 20.7 Å². The van der Waals surface area contributed by atoms with Gasteiger partial charge >= 0.3 is 5.97 Å². The molecule has 0 heterocycles. The minimum atomic E-state index is -0.217. The van der Waals surface area contributed by atoms with Gasteiger partial charge in [0.2, 0.25) is 0 Å². The van der Waals surface area contributed by atoms with Crippen molar-refractivity contribution in [1.82, 2.24) is 0 Å². The quantitative estimate of drug-likeness (QED) is 0.523. The normalized spacial score (nSPS) is 14.0. The smallest absolute Gasteiger partial charge is 0.308 e. The molecular weight excluding hydrogens is 363 g/mol. The molecule has 1 aromatic rings. The highest BCUT2D eigenvalue weighted by Gasteiger charge is 2.25. The van der Waals surface area contributed by atoms with Crippen molar-refractivity contribution in [3.8, 4) is 0 Å². The number of esters is 1. The zero-order valence-electron chi connectivity index (χ0n) is 14.4. The fourth-order valence-electron chi connectivity index (χ4n) is 1.85. The van der Waals surface area contributed by atoms with Crippen molar-refractivity contribution in [1.29, 1.82) is 0 Å². The Hall–Kier alpha value is -1.23. The fraction of sp³-hybridized carbons (Fsp3) is 0.556. The number of rotatable bonds is 6. The maximum absolute atomic E-state index is 12.3. The molecule has 0 aliphatic rings. The Kier molecular flexibility index (Phi) is 10.7. The van der Waals surface area contributed by atoms with Crippen LogP contribution in [0.15, 0.2) is 24.3 Å². The van der Waals surface area contributed by atoms with E-state index < -0.39 is 0 Å². The van der Waals surface area contributed by atoms with Crippen LogP contribution >= 0.6 is 15.9 Å². The molecule has 1 aromatic carbocycles. The molecule has 0 aliphatic carbocycles. The van der Waals surface area contributed by atoms with E-state index in [4.69, 9.17) is 0 Å². The van der Waals surface area contributed by atoms with Gasteiger partial charge in [-0.2, -0.15) is 0 Å². The first-order chi connectivity index (χ1) is 10.7. The summed E-state index contributed by atoms with van der Waals surface area (Å²) in [5, 5.41) is 0. The minimum Gasteiger partial charge on any atom is -0.469 e. The number of carbonyl (C=O) groups is 2. The highest BCUT2D eigenvalue weighted by Crippen LogP contribution is 2.22. The summed E-state index contributed by atoms with van der Waals surface area (Å²) in [6.45, 7) is 7.37. The van der Waals surface area contributed by atoms with E-state index in [0.717, 1.165) is 0 Å². The molecule has 0 N–H and O–H groups in total. The number of carbonyl (C=O) groups excluding carboxylic acids is 2. The molecule has 0 amide bonds. The Morgan fingerprint density at radius 3 is 2.22 bits per heavy atom. The molecule has 0 saturated heterocycles. The van der Waals surface area contributed by atoms with Crippen LogP contribution in [0.1, 0.15) is 39.2 Å². The van der Waals surface area contributed by atoms with Gasteiger partial charge in [-0.25, -0.2) is 4.39 Å². The van der Waals surface area contributed by atoms with Gasteiger partial charge in [0, 0.05) is 6.42 Å². The molecule has 0 radical (unpaired) electrons. The maximum Gasteiger partial charge on any atom is 0.308 e. The lowest BCUT2D eigenvalue weighted by molar-refractivity contribution is -0.146. The van der Waals surface area contributed by atoms with Gasteiger partial charge in [-0.3, -0.25) is 9.59 Å². The zero-order chi connectivity index (χ0) is 18.0. The number of ether oxygens (including phenoxy) is 1. The fourth-order valence-corrected chi connectivity index (χ4v) is 2.77. The number of methoxy groups -OCH3 is 1. The van der Waals surface area contributed by atoms with Gasteiger partial charge < -0.3 is 4.74 Å². The predicted molar refractivity (Wildman–Crippen MR) is 94.1 cm³/mol. The number of ketones is 1. The topological polar surface area (TPSA) is 43.4 Å². The first-order valence-electron chi connectivity index (χ1n) is 7.70. The molecule has 3 unspecified atom stereocenters. The standard InChI is InChI=1S/C11H19BrO3.C7H7F/c1-5-10(13)9(12)6-7(2)8(3)11(14)15-4;1-6-4-2-3-5-7(6)8/h7-9H,5-6H2,1-4H3;2-5H,1H3. The maximum atomic E-state index is 12.3. The van der Waals surface area contributed by atoms with E-state index in [0.29, 0.717) is 18.4 Å². The van der Waals surface area contributed by atoms with Crippen molar-refractivity contribution < 1.29 is 18.7 Å². The molecule has 0 saturated carbocycles. The number of benzene rings is 1. The van der Waals surface area contributed by atoms with Gasteiger partial charge in [0.15, 0.2) is 0 Å². The van der Waals surface area contributed by atoms with Crippen molar-refractivity contribution in [2.45, 2.75) is 45.4 Å². The SMILES string of the molecule is CCC(=O)C(Br)CC(C)C(C)C(=O)OC.Cc1ccccc1F. The summed E-state index contributed by atoms with van der Waals surface area (Å²) in [4.78, 5) is 22.4. The molecule has 23 heavy (non-hydrogen) atoms. The molecule has 5 heteroatoms. The van der Waals surface area contributed by atoms with Crippen LogP contribution in [-0.2, 0) is 14.3 Å². The van der Waals surface area contributed by atoms with E-state index in [9.17, 15) is 14.0 Å². The van der Waals surface area contributed by atoms with Crippen molar-refractivity contribution in [3.05, 3.63) is 35.6 Å². The molecule has 0 aromatic heterocycles. The average molecular weight is 389 g/mol. The number of hydrogen-bond acceptors (Lipinski definition) is 3. The van der Waals surface area contributed by atoms with Gasteiger partial charge in [-0.1, -0.05) is 54.9 Å². The first-order valence-corrected chi connectivity index (χ1v) is 8.61. The van der Waals surface area contributed by atoms with Gasteiger partial charge in [0.05, 0.1) is 17.9 Å². The van der Waals surface area contributed by atoms with Crippen molar-refractivity contribution >= 4 is 27.7 Å². The molecule has 0 bridgehead atoms. The van der Waals surface area contributed by atoms with Gasteiger partial charge in [-0.05, 0) is 30.9 Å². The van der Waals surface area contributed by atoms with Gasteiger partial charge in [0.1, 0.15) is 11.6 Å². The summed E-state index contributed by atoms with van der Waals surface area (Å²) < 4.78 is 17.0. The zero-order valence-corrected chi connectivity index (χ0v) is 16.0. The Labute approximate surface area is 146 Å². The number of halogens is 2. The second-order valence-corrected chi connectivity index (χ2v) is 6.67. The van der Waals surface area contributed by atoms with Crippen molar-refractivity contribution in [3.63, 3.8) is 0 Å². The molecule has 130 valence electrons. The molecule has 0 spiro atoms. The van der Waals surface area contributed by atoms with Gasteiger partial charge in [-0.15, -0.1) is 0 Å². The van der Waals surface area contributed by atoms with E-state index in [1.807, 2.05) is 26.8 Å². The lowest BCUT2D eigenvalue weighted by atomic mass is 9.90. The summed E-state index contributed by atoms with van der Waals surface area (Å²) in [6, 6.07) is 6.70. The highest BCUT2D eigenvalue weighted by molar-refractivity contribution is 9.10. The van der Waals surface area contributed by atoms with E-state index in [-0.39, 0.29) is 34.2 Å². The number of Topliss-reactive ketones (excluding diaryl/α,β-unsaturated/α-hetero) is 1. The lowest BCUT2D eigenvalue weighted by Crippen LogP contribution is -2.25. The average Bonchev–Trinajstić information content (AvgIpc) is 2.55. The Morgan fingerprint density at radius 1 is 1.26 bits per heavy atom. The summed E-state index contributed by atoms with van der Waals surface area (Å²) in [6.07, 6.45) is 1.19. The van der Waals surface area contributed by atoms with Crippen LogP contribution in [-0.4, -0.2) is 23.7 Å². The van der Waals surface area contributed by atoms with Crippen LogP contribution in [0.2, 0.25) is 0 Å². The largest absolute Gasteiger partial charge is 0.469 e. The predicted octanol–water partition coefficient (Wildman–Crippen LogP) is 4.70. The van der Waals surface area contributed by atoms with Crippen LogP contribution in [0.4, 0.5) is 4.39 Å². The molecule has 3 atom stereocenters. The van der Waals surface area contributed by atoms with Crippen LogP contribution in [0.25, 0.3) is 0 Å². The summed E-state index contributed by atoms with van der Waals surface area (Å²) >= 11 is 3.34. The summed E-state index contributed by atoms with van der Waals surface area (Å²) in [5.41, 5.74) is 0.701. The Morgan fingerprint density at radius 2 is 1.83 bits per heavy atom. The highest BCUT2D eigenvalue weighted by atomic mass is 79.9. The number of aryl methyl sites for hydroxylation is 1. The molecule has 3 nitrogen and oxygen atoms in total. The van der Waals surface area contributed by atoms with Crippen LogP contribution in [0, 0.1) is 24.6 Å². The van der Waals surface area contributed by atoms with Crippen LogP contribution in [0.5, 0.6) is 0 Å². The van der Waals surface area contributed by atoms with Gasteiger partial charge in [0.25, 0.3) is 0 Å². The molecular formula is C18H26BrFO3. The van der Waals surface area contributed by atoms with Crippen LogP contribution in [0.3, 0.4) is 0 Å². The second kappa shape index (κ2) is 11.3. The third-order valence-corrected chi connectivity index (χ3v) is 4.66. The second-order valence-electron chi connectivity index (χ2n) is 5.56. The van der Waals surface area contributed by atoms with Crippen molar-refractivity contribution in [2.75, 3.05) is 7.11 Å². The number of alkyl halides is 1. The van der Waals surface area contributed by atoms with Crippen molar-refractivity contribution in [2.24, 2.45) is 11.8 Å². The van der Waals surface area contributed by atoms with Crippen LogP contribution < -0.4 is 0 Å². The Bertz CT molecular complexity index is 484. The molecule has 0 fully saturated rings. The summed E-state index contributed by atoms with van der Waals surface area (Å²) in [5.74, 6) is -0.199. The molecule has 0 aliphatic heterocycles. The van der Waals surface area contributed by atoms with E-state index >= 15 is 0 Å². The third-order valence-electron chi connectivity index (χ3n) is 3.78. The van der Waals surface area contributed by atoms with E-state index in [1.165, 1.54) is 13.2 Å².